The summed E-state index contributed by atoms with van der Waals surface area (Å²) in [5.74, 6) is 0. The molecule has 0 aromatic rings. The number of halogens is 3. The smallest absolute Gasteiger partial charge is 0.365 e. The molecule has 1 saturated carbocycles. The summed E-state index contributed by atoms with van der Waals surface area (Å²) in [5.41, 5.74) is 5.32. The van der Waals surface area contributed by atoms with Crippen LogP contribution in [0.25, 0.3) is 0 Å². The van der Waals surface area contributed by atoms with Crippen LogP contribution in [-0.4, -0.2) is 24.4 Å². The van der Waals surface area contributed by atoms with E-state index in [1.807, 2.05) is 13.8 Å². The Morgan fingerprint density at radius 2 is 1.93 bits per heavy atom. The molecule has 5 heteroatoms. The lowest BCUT2D eigenvalue weighted by molar-refractivity contribution is -0.254. The van der Waals surface area contributed by atoms with Gasteiger partial charge >= 0.3 is 6.18 Å². The summed E-state index contributed by atoms with van der Waals surface area (Å²) in [6.07, 6.45) is -5.86. The van der Waals surface area contributed by atoms with Crippen LogP contribution < -0.4 is 5.73 Å². The van der Waals surface area contributed by atoms with Gasteiger partial charge in [0.2, 0.25) is 0 Å². The van der Waals surface area contributed by atoms with Crippen LogP contribution in [0.4, 0.5) is 13.2 Å². The molecule has 1 fully saturated rings. The van der Waals surface area contributed by atoms with Crippen molar-refractivity contribution in [2.45, 2.75) is 51.6 Å². The highest BCUT2D eigenvalue weighted by atomic mass is 19.4. The van der Waals surface area contributed by atoms with E-state index in [1.165, 1.54) is 0 Å². The van der Waals surface area contributed by atoms with E-state index in [1.54, 1.807) is 0 Å². The van der Waals surface area contributed by atoms with Gasteiger partial charge in [0.15, 0.2) is 6.10 Å². The van der Waals surface area contributed by atoms with E-state index in [-0.39, 0.29) is 17.6 Å². The van der Waals surface area contributed by atoms with E-state index in [0.29, 0.717) is 6.42 Å². The van der Waals surface area contributed by atoms with Gasteiger partial charge in [-0.3, -0.25) is 0 Å². The predicted molar refractivity (Wildman–Crippen MR) is 46.8 cm³/mol. The molecule has 0 radical (unpaired) electrons. The minimum Gasteiger partial charge on any atom is -0.365 e. The Balaban J connectivity index is 2.48. The highest BCUT2D eigenvalue weighted by molar-refractivity contribution is 5.01. The molecule has 0 aromatic heterocycles. The zero-order valence-corrected chi connectivity index (χ0v) is 8.56. The molecule has 3 unspecified atom stereocenters. The van der Waals surface area contributed by atoms with Crippen LogP contribution in [0.2, 0.25) is 0 Å². The second kappa shape index (κ2) is 3.38. The van der Waals surface area contributed by atoms with Gasteiger partial charge in [0, 0.05) is 11.5 Å². The molecule has 14 heavy (non-hydrogen) atoms. The fourth-order valence-electron chi connectivity index (χ4n) is 1.47. The molecule has 3 atom stereocenters. The zero-order valence-electron chi connectivity index (χ0n) is 8.56. The Labute approximate surface area is 81.6 Å². The number of alkyl halides is 3. The molecule has 84 valence electrons. The van der Waals surface area contributed by atoms with Crippen molar-refractivity contribution in [1.29, 1.82) is 0 Å². The maximum absolute atomic E-state index is 12.2. The van der Waals surface area contributed by atoms with E-state index in [9.17, 15) is 13.2 Å². The van der Waals surface area contributed by atoms with E-state index in [2.05, 4.69) is 0 Å². The van der Waals surface area contributed by atoms with Crippen molar-refractivity contribution < 1.29 is 17.9 Å². The van der Waals surface area contributed by atoms with Gasteiger partial charge in [-0.1, -0.05) is 13.8 Å². The minimum atomic E-state index is -4.28. The lowest BCUT2D eigenvalue weighted by atomic mass is 9.65. The first-order chi connectivity index (χ1) is 6.15. The Hall–Kier alpha value is -0.290. The fraction of sp³-hybridized carbons (Fsp3) is 1.00. The molecule has 0 bridgehead atoms. The molecule has 0 spiro atoms. The standard InChI is InChI=1S/C9H16F3NO/c1-5(9(10,11)12)14-7-4-6(13)8(7,2)3/h5-7H,4,13H2,1-3H3. The van der Waals surface area contributed by atoms with Crippen LogP contribution in [0, 0.1) is 5.41 Å². The Morgan fingerprint density at radius 3 is 2.21 bits per heavy atom. The van der Waals surface area contributed by atoms with E-state index >= 15 is 0 Å². The fourth-order valence-corrected chi connectivity index (χ4v) is 1.47. The number of rotatable bonds is 2. The monoisotopic (exact) mass is 211 g/mol. The van der Waals surface area contributed by atoms with Crippen molar-refractivity contribution in [2.24, 2.45) is 11.1 Å². The molecular formula is C9H16F3NO. The maximum atomic E-state index is 12.2. The van der Waals surface area contributed by atoms with Crippen molar-refractivity contribution in [2.75, 3.05) is 0 Å². The van der Waals surface area contributed by atoms with Gasteiger partial charge in [0.25, 0.3) is 0 Å². The third-order valence-electron chi connectivity index (χ3n) is 3.08. The summed E-state index contributed by atoms with van der Waals surface area (Å²) in [4.78, 5) is 0. The summed E-state index contributed by atoms with van der Waals surface area (Å²) in [5, 5.41) is 0. The molecule has 1 aliphatic rings. The lowest BCUT2D eigenvalue weighted by Gasteiger charge is -2.50. The molecular weight excluding hydrogens is 195 g/mol. The van der Waals surface area contributed by atoms with Crippen LogP contribution >= 0.6 is 0 Å². The van der Waals surface area contributed by atoms with Crippen molar-refractivity contribution in [3.05, 3.63) is 0 Å². The normalized spacial score (nSPS) is 33.6. The number of nitrogens with two attached hydrogens (primary N) is 1. The van der Waals surface area contributed by atoms with Crippen molar-refractivity contribution >= 4 is 0 Å². The van der Waals surface area contributed by atoms with E-state index < -0.39 is 12.3 Å². The summed E-state index contributed by atoms with van der Waals surface area (Å²) in [7, 11) is 0. The maximum Gasteiger partial charge on any atom is 0.414 e. The van der Waals surface area contributed by atoms with Gasteiger partial charge in [-0.05, 0) is 13.3 Å². The summed E-state index contributed by atoms with van der Waals surface area (Å²) in [6, 6.07) is -0.0621. The van der Waals surface area contributed by atoms with Crippen LogP contribution in [-0.2, 0) is 4.74 Å². The molecule has 0 amide bonds. The topological polar surface area (TPSA) is 35.2 Å². The molecule has 1 rings (SSSR count). The van der Waals surface area contributed by atoms with Crippen LogP contribution in [0.5, 0.6) is 0 Å². The van der Waals surface area contributed by atoms with E-state index in [4.69, 9.17) is 10.5 Å². The Bertz CT molecular complexity index is 215. The second-order valence-electron chi connectivity index (χ2n) is 4.47. The average molecular weight is 211 g/mol. The van der Waals surface area contributed by atoms with Gasteiger partial charge in [-0.15, -0.1) is 0 Å². The van der Waals surface area contributed by atoms with Crippen LogP contribution in [0.1, 0.15) is 27.2 Å². The number of hydrogen-bond donors (Lipinski definition) is 1. The predicted octanol–water partition coefficient (Wildman–Crippen LogP) is 2.08. The third-order valence-corrected chi connectivity index (χ3v) is 3.08. The highest BCUT2D eigenvalue weighted by Gasteiger charge is 2.50. The van der Waals surface area contributed by atoms with Crippen LogP contribution in [0.3, 0.4) is 0 Å². The number of hydrogen-bond acceptors (Lipinski definition) is 2. The summed E-state index contributed by atoms with van der Waals surface area (Å²) in [6.45, 7) is 4.68. The SMILES string of the molecule is CC(OC1CC(N)C1(C)C)C(F)(F)F. The largest absolute Gasteiger partial charge is 0.414 e. The quantitative estimate of drug-likeness (QED) is 0.759. The van der Waals surface area contributed by atoms with Crippen molar-refractivity contribution in [1.82, 2.24) is 0 Å². The van der Waals surface area contributed by atoms with Crippen molar-refractivity contribution in [3.63, 3.8) is 0 Å². The highest BCUT2D eigenvalue weighted by Crippen LogP contribution is 2.43. The first-order valence-electron chi connectivity index (χ1n) is 4.63. The lowest BCUT2D eigenvalue weighted by Crippen LogP contribution is -2.60. The molecule has 0 saturated heterocycles. The first-order valence-corrected chi connectivity index (χ1v) is 4.63. The van der Waals surface area contributed by atoms with E-state index in [0.717, 1.165) is 6.92 Å². The van der Waals surface area contributed by atoms with Gasteiger partial charge in [0.1, 0.15) is 0 Å². The molecule has 1 aliphatic carbocycles. The Kier molecular flexibility index (Phi) is 2.84. The minimum absolute atomic E-state index is 0.0621. The third kappa shape index (κ3) is 2.03. The molecule has 0 aromatic carbocycles. The molecule has 2 N–H and O–H groups in total. The van der Waals surface area contributed by atoms with Gasteiger partial charge in [-0.25, -0.2) is 0 Å². The first kappa shape index (κ1) is 11.8. The average Bonchev–Trinajstić information content (AvgIpc) is 2.02. The summed E-state index contributed by atoms with van der Waals surface area (Å²) >= 11 is 0. The molecule has 0 heterocycles. The van der Waals surface area contributed by atoms with Crippen molar-refractivity contribution in [3.8, 4) is 0 Å². The number of ether oxygens (including phenoxy) is 1. The molecule has 2 nitrogen and oxygen atoms in total. The van der Waals surface area contributed by atoms with Gasteiger partial charge < -0.3 is 10.5 Å². The zero-order chi connectivity index (χ0) is 11.1. The van der Waals surface area contributed by atoms with Crippen LogP contribution in [0.15, 0.2) is 0 Å². The second-order valence-corrected chi connectivity index (χ2v) is 4.47. The van der Waals surface area contributed by atoms with Gasteiger partial charge in [-0.2, -0.15) is 13.2 Å². The summed E-state index contributed by atoms with van der Waals surface area (Å²) < 4.78 is 41.4. The Morgan fingerprint density at radius 1 is 1.43 bits per heavy atom. The molecule has 0 aliphatic heterocycles. The van der Waals surface area contributed by atoms with Gasteiger partial charge in [0.05, 0.1) is 6.10 Å².